The number of rotatable bonds is 3. The molecule has 15 heavy (non-hydrogen) atoms. The highest BCUT2D eigenvalue weighted by Crippen LogP contribution is 2.36. The molecule has 0 aliphatic carbocycles. The van der Waals surface area contributed by atoms with Crippen LogP contribution in [-0.4, -0.2) is 38.7 Å². The average Bonchev–Trinajstić information content (AvgIpc) is 2.46. The summed E-state index contributed by atoms with van der Waals surface area (Å²) in [4.78, 5) is 0. The first-order chi connectivity index (χ1) is 6.72. The fourth-order valence-corrected chi connectivity index (χ4v) is 2.50. The van der Waals surface area contributed by atoms with Gasteiger partial charge in [0, 0.05) is 19.2 Å². The monoisotopic (exact) mass is 231 g/mol. The Labute approximate surface area is 94.3 Å². The number of nitrogens with one attached hydrogen (secondary N) is 1. The van der Waals surface area contributed by atoms with Crippen LogP contribution in [0.1, 0.15) is 27.2 Å². The van der Waals surface area contributed by atoms with Gasteiger partial charge in [0.05, 0.1) is 6.10 Å². The van der Waals surface area contributed by atoms with Crippen molar-refractivity contribution in [3.8, 4) is 0 Å². The summed E-state index contributed by atoms with van der Waals surface area (Å²) in [6.45, 7) is 12.7. The minimum absolute atomic E-state index is 0.182. The standard InChI is InChI=1S/C11H25NO2Si/c1-11(2,3)15(4,5)14-8-9-6-10(13)7-12-9/h9-10,12-13H,6-8H2,1-5H3/t9?,10-/m1/s1. The van der Waals surface area contributed by atoms with Gasteiger partial charge in [-0.2, -0.15) is 0 Å². The molecule has 2 N–H and O–H groups in total. The number of hydrogen-bond donors (Lipinski definition) is 2. The number of aliphatic hydroxyl groups excluding tert-OH is 1. The molecule has 0 spiro atoms. The fraction of sp³-hybridized carbons (Fsp3) is 1.00. The van der Waals surface area contributed by atoms with Crippen molar-refractivity contribution in [3.63, 3.8) is 0 Å². The van der Waals surface area contributed by atoms with E-state index in [0.717, 1.165) is 13.0 Å². The van der Waals surface area contributed by atoms with Crippen molar-refractivity contribution in [1.82, 2.24) is 5.32 Å². The lowest BCUT2D eigenvalue weighted by Gasteiger charge is -2.36. The smallest absolute Gasteiger partial charge is 0.192 e. The average molecular weight is 231 g/mol. The SMILES string of the molecule is CC(C)(C)[Si](C)(C)OCC1C[C@@H](O)CN1. The second kappa shape index (κ2) is 4.53. The molecule has 0 aromatic rings. The molecule has 2 atom stereocenters. The quantitative estimate of drug-likeness (QED) is 0.727. The predicted octanol–water partition coefficient (Wildman–Crippen LogP) is 1.73. The van der Waals surface area contributed by atoms with Gasteiger partial charge in [0.2, 0.25) is 0 Å². The normalized spacial score (nSPS) is 28.4. The summed E-state index contributed by atoms with van der Waals surface area (Å²) < 4.78 is 6.09. The van der Waals surface area contributed by atoms with Crippen LogP contribution in [0, 0.1) is 0 Å². The zero-order valence-electron chi connectivity index (χ0n) is 10.6. The molecule has 1 unspecified atom stereocenters. The predicted molar refractivity (Wildman–Crippen MR) is 65.6 cm³/mol. The van der Waals surface area contributed by atoms with Gasteiger partial charge in [-0.05, 0) is 24.6 Å². The highest BCUT2D eigenvalue weighted by molar-refractivity contribution is 6.74. The molecular formula is C11H25NO2Si. The third kappa shape index (κ3) is 3.55. The van der Waals surface area contributed by atoms with Crippen molar-refractivity contribution in [1.29, 1.82) is 0 Å². The molecule has 0 radical (unpaired) electrons. The molecule has 4 heteroatoms. The van der Waals surface area contributed by atoms with E-state index in [0.29, 0.717) is 12.6 Å². The Bertz CT molecular complexity index is 213. The molecule has 1 heterocycles. The van der Waals surface area contributed by atoms with E-state index < -0.39 is 8.32 Å². The van der Waals surface area contributed by atoms with Crippen molar-refractivity contribution in [3.05, 3.63) is 0 Å². The molecule has 1 saturated heterocycles. The van der Waals surface area contributed by atoms with E-state index in [1.807, 2.05) is 0 Å². The van der Waals surface area contributed by atoms with E-state index in [1.54, 1.807) is 0 Å². The van der Waals surface area contributed by atoms with Gasteiger partial charge in [-0.15, -0.1) is 0 Å². The maximum atomic E-state index is 9.38. The Balaban J connectivity index is 2.36. The Kier molecular flexibility index (Phi) is 3.98. The van der Waals surface area contributed by atoms with Crippen molar-refractivity contribution in [2.24, 2.45) is 0 Å². The highest BCUT2D eigenvalue weighted by atomic mass is 28.4. The van der Waals surface area contributed by atoms with Gasteiger partial charge in [0.1, 0.15) is 0 Å². The third-order valence-corrected chi connectivity index (χ3v) is 8.15. The van der Waals surface area contributed by atoms with Crippen molar-refractivity contribution >= 4 is 8.32 Å². The van der Waals surface area contributed by atoms with Gasteiger partial charge in [-0.3, -0.25) is 0 Å². The third-order valence-electron chi connectivity index (χ3n) is 3.65. The van der Waals surface area contributed by atoms with Crippen LogP contribution in [0.4, 0.5) is 0 Å². The first kappa shape index (κ1) is 13.2. The molecule has 3 nitrogen and oxygen atoms in total. The molecular weight excluding hydrogens is 206 g/mol. The van der Waals surface area contributed by atoms with E-state index in [4.69, 9.17) is 4.43 Å². The number of aliphatic hydroxyl groups is 1. The molecule has 0 saturated carbocycles. The first-order valence-electron chi connectivity index (χ1n) is 5.78. The molecule has 1 aliphatic heterocycles. The van der Waals surface area contributed by atoms with Gasteiger partial charge in [0.15, 0.2) is 8.32 Å². The van der Waals surface area contributed by atoms with Crippen LogP contribution < -0.4 is 5.32 Å². The molecule has 0 aromatic carbocycles. The lowest BCUT2D eigenvalue weighted by molar-refractivity contribution is 0.185. The van der Waals surface area contributed by atoms with Crippen LogP contribution in [0.5, 0.6) is 0 Å². The van der Waals surface area contributed by atoms with Gasteiger partial charge in [-0.25, -0.2) is 0 Å². The van der Waals surface area contributed by atoms with Crippen LogP contribution in [0.3, 0.4) is 0 Å². The highest BCUT2D eigenvalue weighted by Gasteiger charge is 2.38. The largest absolute Gasteiger partial charge is 0.415 e. The summed E-state index contributed by atoms with van der Waals surface area (Å²) in [5.41, 5.74) is 0. The van der Waals surface area contributed by atoms with Crippen molar-refractivity contribution in [2.75, 3.05) is 13.2 Å². The van der Waals surface area contributed by atoms with E-state index in [9.17, 15) is 5.11 Å². The summed E-state index contributed by atoms with van der Waals surface area (Å²) in [6.07, 6.45) is 0.646. The van der Waals surface area contributed by atoms with Crippen LogP contribution >= 0.6 is 0 Å². The molecule has 0 aromatic heterocycles. The summed E-state index contributed by atoms with van der Waals surface area (Å²) in [6, 6.07) is 0.342. The second-order valence-electron chi connectivity index (χ2n) is 6.07. The zero-order chi connectivity index (χ0) is 11.7. The summed E-state index contributed by atoms with van der Waals surface area (Å²) >= 11 is 0. The number of hydrogen-bond acceptors (Lipinski definition) is 3. The van der Waals surface area contributed by atoms with E-state index >= 15 is 0 Å². The van der Waals surface area contributed by atoms with Crippen LogP contribution in [0.25, 0.3) is 0 Å². The molecule has 1 aliphatic rings. The van der Waals surface area contributed by atoms with E-state index in [1.165, 1.54) is 0 Å². The molecule has 1 fully saturated rings. The minimum Gasteiger partial charge on any atom is -0.415 e. The van der Waals surface area contributed by atoms with Gasteiger partial charge >= 0.3 is 0 Å². The van der Waals surface area contributed by atoms with Crippen molar-refractivity contribution < 1.29 is 9.53 Å². The fourth-order valence-electron chi connectivity index (χ4n) is 1.45. The second-order valence-corrected chi connectivity index (χ2v) is 10.9. The maximum Gasteiger partial charge on any atom is 0.192 e. The van der Waals surface area contributed by atoms with Gasteiger partial charge in [-0.1, -0.05) is 20.8 Å². The molecule has 1 rings (SSSR count). The summed E-state index contributed by atoms with van der Waals surface area (Å²) in [5, 5.41) is 12.9. The maximum absolute atomic E-state index is 9.38. The van der Waals surface area contributed by atoms with E-state index in [2.05, 4.69) is 39.2 Å². The van der Waals surface area contributed by atoms with Gasteiger partial charge in [0.25, 0.3) is 0 Å². The first-order valence-corrected chi connectivity index (χ1v) is 8.68. The molecule has 0 amide bonds. The molecule has 90 valence electrons. The Morgan fingerprint density at radius 1 is 1.40 bits per heavy atom. The lowest BCUT2D eigenvalue weighted by Crippen LogP contribution is -2.43. The zero-order valence-corrected chi connectivity index (χ0v) is 11.6. The topological polar surface area (TPSA) is 41.5 Å². The number of β-amino-alcohol motifs (C(OH)–C–C–N with tert-alkyl or cyclic N) is 1. The lowest BCUT2D eigenvalue weighted by atomic mass is 10.2. The molecule has 0 bridgehead atoms. The van der Waals surface area contributed by atoms with Gasteiger partial charge < -0.3 is 14.8 Å². The minimum atomic E-state index is -1.62. The Morgan fingerprint density at radius 2 is 2.00 bits per heavy atom. The Hall–Kier alpha value is 0.0969. The van der Waals surface area contributed by atoms with Crippen LogP contribution in [0.2, 0.25) is 18.1 Å². The van der Waals surface area contributed by atoms with Crippen molar-refractivity contribution in [2.45, 2.75) is 57.5 Å². The summed E-state index contributed by atoms with van der Waals surface area (Å²) in [7, 11) is -1.62. The van der Waals surface area contributed by atoms with E-state index in [-0.39, 0.29) is 11.1 Å². The Morgan fingerprint density at radius 3 is 2.40 bits per heavy atom. The van der Waals surface area contributed by atoms with Crippen LogP contribution in [-0.2, 0) is 4.43 Å². The van der Waals surface area contributed by atoms with Crippen LogP contribution in [0.15, 0.2) is 0 Å². The summed E-state index contributed by atoms with van der Waals surface area (Å²) in [5.74, 6) is 0.